The van der Waals surface area contributed by atoms with Crippen molar-refractivity contribution in [3.05, 3.63) is 30.3 Å². The summed E-state index contributed by atoms with van der Waals surface area (Å²) in [6.45, 7) is 0. The van der Waals surface area contributed by atoms with Crippen molar-refractivity contribution in [3.8, 4) is 0 Å². The highest BCUT2D eigenvalue weighted by Gasteiger charge is 2.08. The van der Waals surface area contributed by atoms with Gasteiger partial charge in [0.2, 0.25) is 0 Å². The summed E-state index contributed by atoms with van der Waals surface area (Å²) in [5, 5.41) is 1.21. The highest BCUT2D eigenvalue weighted by Crippen LogP contribution is 2.22. The second kappa shape index (κ2) is 4.24. The van der Waals surface area contributed by atoms with Gasteiger partial charge in [-0.15, -0.1) is 0 Å². The van der Waals surface area contributed by atoms with Gasteiger partial charge in [-0.3, -0.25) is 0 Å². The first-order valence-corrected chi connectivity index (χ1v) is 6.25. The number of hydrogen-bond acceptors (Lipinski definition) is 2. The van der Waals surface area contributed by atoms with Crippen molar-refractivity contribution in [2.24, 2.45) is 0 Å². The lowest BCUT2D eigenvalue weighted by molar-refractivity contribution is 1.24. The largest absolute Gasteiger partial charge is 0.341 e. The van der Waals surface area contributed by atoms with E-state index in [1.807, 2.05) is 30.3 Å². The Morgan fingerprint density at radius 3 is 2.80 bits per heavy atom. The Morgan fingerprint density at radius 2 is 2.13 bits per heavy atom. The number of fused-ring (bicyclic) bond motifs is 1. The summed E-state index contributed by atoms with van der Waals surface area (Å²) in [6.07, 6.45) is 1.99. The van der Waals surface area contributed by atoms with Gasteiger partial charge in [0.15, 0.2) is 0 Å². The highest BCUT2D eigenvalue weighted by atomic mass is 32.2. The zero-order valence-electron chi connectivity index (χ0n) is 8.65. The summed E-state index contributed by atoms with van der Waals surface area (Å²) >= 11 is 6.81. The number of nitrogens with one attached hydrogen (secondary N) is 1. The lowest BCUT2D eigenvalue weighted by Gasteiger charge is -2.15. The molecule has 2 rings (SSSR count). The van der Waals surface area contributed by atoms with Gasteiger partial charge in [-0.2, -0.15) is 0 Å². The molecule has 1 N–H and O–H groups in total. The van der Waals surface area contributed by atoms with Gasteiger partial charge in [0.05, 0.1) is 0 Å². The second-order valence-corrected chi connectivity index (χ2v) is 4.71. The summed E-state index contributed by atoms with van der Waals surface area (Å²) in [5.41, 5.74) is 1.14. The molecule has 2 nitrogen and oxygen atoms in total. The van der Waals surface area contributed by atoms with Gasteiger partial charge in [0.25, 0.3) is 0 Å². The minimum absolute atomic E-state index is 0.863. The maximum atomic E-state index is 5.23. The maximum absolute atomic E-state index is 5.23. The fourth-order valence-corrected chi connectivity index (χ4v) is 1.94. The zero-order chi connectivity index (χ0) is 10.8. The molecule has 15 heavy (non-hydrogen) atoms. The summed E-state index contributed by atoms with van der Waals surface area (Å²) in [7, 11) is 1.98. The van der Waals surface area contributed by atoms with E-state index < -0.39 is 0 Å². The third kappa shape index (κ3) is 2.01. The van der Waals surface area contributed by atoms with E-state index in [0.717, 1.165) is 15.7 Å². The molecule has 1 aromatic heterocycles. The van der Waals surface area contributed by atoms with Gasteiger partial charge in [-0.05, 0) is 18.4 Å². The maximum Gasteiger partial charge on any atom is 0.141 e. The van der Waals surface area contributed by atoms with Crippen LogP contribution in [0.1, 0.15) is 0 Å². The van der Waals surface area contributed by atoms with Gasteiger partial charge in [0.1, 0.15) is 10.1 Å². The first kappa shape index (κ1) is 10.5. The molecule has 1 aromatic carbocycles. The first-order valence-electron chi connectivity index (χ1n) is 4.62. The van der Waals surface area contributed by atoms with Crippen molar-refractivity contribution in [1.82, 2.24) is 4.98 Å². The molecule has 4 heteroatoms. The smallest absolute Gasteiger partial charge is 0.141 e. The number of aromatic nitrogens is 1. The zero-order valence-corrected chi connectivity index (χ0v) is 10.3. The molecule has 1 heterocycles. The number of H-pyrrole nitrogens is 1. The average Bonchev–Trinajstić information content (AvgIpc) is 2.70. The highest BCUT2D eigenvalue weighted by molar-refractivity contribution is 8.22. The Morgan fingerprint density at radius 1 is 1.40 bits per heavy atom. The molecule has 0 radical (unpaired) electrons. The number of benzene rings is 1. The van der Waals surface area contributed by atoms with Crippen LogP contribution >= 0.6 is 24.0 Å². The quantitative estimate of drug-likeness (QED) is 0.767. The van der Waals surface area contributed by atoms with Crippen molar-refractivity contribution in [3.63, 3.8) is 0 Å². The van der Waals surface area contributed by atoms with Crippen molar-refractivity contribution in [2.45, 2.75) is 0 Å². The number of thiocarbonyl (C=S) groups is 1. The number of rotatable bonds is 1. The normalized spacial score (nSPS) is 10.5. The van der Waals surface area contributed by atoms with Crippen molar-refractivity contribution >= 4 is 45.0 Å². The molecule has 0 spiro atoms. The molecular formula is C11H12N2S2. The van der Waals surface area contributed by atoms with Crippen molar-refractivity contribution in [1.29, 1.82) is 0 Å². The molecule has 0 bridgehead atoms. The van der Waals surface area contributed by atoms with E-state index in [9.17, 15) is 0 Å². The molecule has 0 aliphatic heterocycles. The van der Waals surface area contributed by atoms with E-state index in [4.69, 9.17) is 12.2 Å². The molecule has 0 aliphatic rings. The molecule has 0 fully saturated rings. The van der Waals surface area contributed by atoms with Crippen LogP contribution in [0.5, 0.6) is 0 Å². The van der Waals surface area contributed by atoms with Gasteiger partial charge >= 0.3 is 0 Å². The van der Waals surface area contributed by atoms with E-state index in [2.05, 4.69) is 23.2 Å². The van der Waals surface area contributed by atoms with Crippen LogP contribution in [0.4, 0.5) is 5.82 Å². The topological polar surface area (TPSA) is 19.0 Å². The van der Waals surface area contributed by atoms with E-state index in [0.29, 0.717) is 0 Å². The van der Waals surface area contributed by atoms with Crippen LogP contribution in [0, 0.1) is 0 Å². The van der Waals surface area contributed by atoms with Crippen LogP contribution in [-0.4, -0.2) is 22.6 Å². The Labute approximate surface area is 98.7 Å². The lowest BCUT2D eigenvalue weighted by Crippen LogP contribution is -2.21. The standard InChI is InChI=1S/C11H12N2S2/c1-13(11(14)15-2)10-7-8-5-3-4-6-9(8)12-10/h3-7,12H,1-2H3. The van der Waals surface area contributed by atoms with E-state index in [1.165, 1.54) is 5.39 Å². The van der Waals surface area contributed by atoms with Crippen LogP contribution in [0.15, 0.2) is 30.3 Å². The Kier molecular flexibility index (Phi) is 2.98. The predicted octanol–water partition coefficient (Wildman–Crippen LogP) is 3.25. The van der Waals surface area contributed by atoms with Gasteiger partial charge in [-0.1, -0.05) is 42.2 Å². The fraction of sp³-hybridized carbons (Fsp3) is 0.182. The number of nitrogens with zero attached hydrogens (tertiary/aromatic N) is 1. The summed E-state index contributed by atoms with van der Waals surface area (Å²) < 4.78 is 0.863. The third-order valence-corrected chi connectivity index (χ3v) is 3.72. The molecular weight excluding hydrogens is 224 g/mol. The van der Waals surface area contributed by atoms with Gasteiger partial charge < -0.3 is 9.88 Å². The van der Waals surface area contributed by atoms with E-state index >= 15 is 0 Å². The number of para-hydroxylation sites is 1. The number of hydrogen-bond donors (Lipinski definition) is 1. The van der Waals surface area contributed by atoms with E-state index in [-0.39, 0.29) is 0 Å². The number of thioether (sulfide) groups is 1. The number of aromatic amines is 1. The number of anilines is 1. The van der Waals surface area contributed by atoms with Crippen molar-refractivity contribution in [2.75, 3.05) is 18.2 Å². The van der Waals surface area contributed by atoms with Gasteiger partial charge in [-0.25, -0.2) is 0 Å². The van der Waals surface area contributed by atoms with Crippen LogP contribution in [0.25, 0.3) is 10.9 Å². The summed E-state index contributed by atoms with van der Waals surface area (Å²) in [4.78, 5) is 5.32. The predicted molar refractivity (Wildman–Crippen MR) is 72.8 cm³/mol. The molecule has 0 atom stereocenters. The van der Waals surface area contributed by atoms with Crippen LogP contribution in [0.3, 0.4) is 0 Å². The molecule has 0 unspecified atom stereocenters. The monoisotopic (exact) mass is 236 g/mol. The molecule has 0 saturated carbocycles. The third-order valence-electron chi connectivity index (χ3n) is 2.33. The summed E-state index contributed by atoms with van der Waals surface area (Å²) in [6, 6.07) is 10.3. The molecule has 2 aromatic rings. The molecule has 0 saturated heterocycles. The van der Waals surface area contributed by atoms with Gasteiger partial charge in [0, 0.05) is 18.0 Å². The average molecular weight is 236 g/mol. The molecule has 0 amide bonds. The lowest BCUT2D eigenvalue weighted by atomic mass is 10.2. The van der Waals surface area contributed by atoms with Crippen LogP contribution < -0.4 is 4.90 Å². The first-order chi connectivity index (χ1) is 7.22. The molecule has 78 valence electrons. The second-order valence-electron chi connectivity index (χ2n) is 3.27. The molecule has 0 aliphatic carbocycles. The van der Waals surface area contributed by atoms with Crippen molar-refractivity contribution < 1.29 is 0 Å². The minimum Gasteiger partial charge on any atom is -0.341 e. The SMILES string of the molecule is CSC(=S)N(C)c1cc2ccccc2[nH]1. The van der Waals surface area contributed by atoms with Crippen LogP contribution in [-0.2, 0) is 0 Å². The minimum atomic E-state index is 0.863. The fourth-order valence-electron chi connectivity index (χ4n) is 1.47. The van der Waals surface area contributed by atoms with Crippen LogP contribution in [0.2, 0.25) is 0 Å². The van der Waals surface area contributed by atoms with E-state index in [1.54, 1.807) is 11.8 Å². The Bertz CT molecular complexity index is 457. The Balaban J connectivity index is 2.40. The Hall–Kier alpha value is -1.00. The summed E-state index contributed by atoms with van der Waals surface area (Å²) in [5.74, 6) is 1.04.